The molecular formula is C19H23BrF3NOSi. The summed E-state index contributed by atoms with van der Waals surface area (Å²) in [6.45, 7) is 10.8. The second kappa shape index (κ2) is 7.41. The topological polar surface area (TPSA) is 13.6 Å². The first kappa shape index (κ1) is 21.1. The molecule has 0 fully saturated rings. The lowest BCUT2D eigenvalue weighted by Crippen LogP contribution is -2.40. The van der Waals surface area contributed by atoms with Crippen molar-refractivity contribution in [3.8, 4) is 11.8 Å². The van der Waals surface area contributed by atoms with Crippen molar-refractivity contribution in [2.24, 2.45) is 0 Å². The number of halogens is 4. The summed E-state index contributed by atoms with van der Waals surface area (Å²) in [7, 11) is -1.93. The monoisotopic (exact) mass is 445 g/mol. The highest BCUT2D eigenvalue weighted by Gasteiger charge is 2.36. The Bertz CT molecular complexity index is 854. The average Bonchev–Trinajstić information content (AvgIpc) is 2.80. The van der Waals surface area contributed by atoms with E-state index in [0.717, 1.165) is 4.47 Å². The number of hydrogen-bond acceptors (Lipinski definition) is 1. The van der Waals surface area contributed by atoms with Gasteiger partial charge in [-0.3, -0.25) is 0 Å². The van der Waals surface area contributed by atoms with E-state index in [0.29, 0.717) is 11.1 Å². The Kier molecular flexibility index (Phi) is 6.01. The molecule has 0 atom stereocenters. The molecule has 7 heteroatoms. The molecule has 26 heavy (non-hydrogen) atoms. The first-order valence-corrected chi connectivity index (χ1v) is 12.0. The van der Waals surface area contributed by atoms with E-state index in [1.165, 1.54) is 4.40 Å². The quantitative estimate of drug-likeness (QED) is 0.406. The van der Waals surface area contributed by atoms with Crippen LogP contribution in [0.3, 0.4) is 0 Å². The maximum atomic E-state index is 13.0. The van der Waals surface area contributed by atoms with E-state index in [1.807, 2.05) is 0 Å². The molecule has 0 saturated heterocycles. The average molecular weight is 446 g/mol. The maximum Gasteiger partial charge on any atom is 0.394 e. The summed E-state index contributed by atoms with van der Waals surface area (Å²) in [5.41, 5.74) is 1.20. The van der Waals surface area contributed by atoms with Gasteiger partial charge >= 0.3 is 6.18 Å². The highest BCUT2D eigenvalue weighted by atomic mass is 79.9. The Hall–Kier alpha value is -1.23. The van der Waals surface area contributed by atoms with E-state index >= 15 is 0 Å². The fraction of sp³-hybridized carbons (Fsp3) is 0.474. The molecule has 0 radical (unpaired) electrons. The second-order valence-corrected chi connectivity index (χ2v) is 13.4. The molecule has 0 aliphatic rings. The van der Waals surface area contributed by atoms with Crippen LogP contribution < -0.4 is 0 Å². The van der Waals surface area contributed by atoms with Gasteiger partial charge in [-0.15, -0.1) is 0 Å². The molecule has 0 bridgehead atoms. The molecule has 0 saturated carbocycles. The lowest BCUT2D eigenvalue weighted by molar-refractivity contribution is -0.128. The van der Waals surface area contributed by atoms with Gasteiger partial charge < -0.3 is 8.83 Å². The normalized spacial score (nSPS) is 13.0. The van der Waals surface area contributed by atoms with Crippen LogP contribution in [0.1, 0.15) is 32.0 Å². The lowest BCUT2D eigenvalue weighted by Gasteiger charge is -2.35. The third kappa shape index (κ3) is 4.93. The molecule has 2 aromatic rings. The van der Waals surface area contributed by atoms with Crippen molar-refractivity contribution in [1.82, 2.24) is 4.40 Å². The van der Waals surface area contributed by atoms with Crippen LogP contribution in [0.25, 0.3) is 5.52 Å². The molecule has 142 valence electrons. The van der Waals surface area contributed by atoms with E-state index < -0.39 is 20.9 Å². The minimum absolute atomic E-state index is 0.0613. The Balaban J connectivity index is 2.33. The van der Waals surface area contributed by atoms with Crippen LogP contribution in [-0.2, 0) is 10.8 Å². The van der Waals surface area contributed by atoms with Gasteiger partial charge in [-0.2, -0.15) is 13.2 Å². The summed E-state index contributed by atoms with van der Waals surface area (Å²) in [4.78, 5) is 0. The minimum Gasteiger partial charge on any atom is -0.406 e. The second-order valence-electron chi connectivity index (χ2n) is 7.76. The molecule has 0 aliphatic heterocycles. The van der Waals surface area contributed by atoms with Gasteiger partial charge in [0.15, 0.2) is 8.32 Å². The van der Waals surface area contributed by atoms with E-state index in [9.17, 15) is 13.2 Å². The van der Waals surface area contributed by atoms with Crippen LogP contribution >= 0.6 is 15.9 Å². The fourth-order valence-electron chi connectivity index (χ4n) is 2.26. The molecule has 0 aromatic carbocycles. The number of fused-ring (bicyclic) bond motifs is 1. The highest BCUT2D eigenvalue weighted by Crippen LogP contribution is 2.36. The molecule has 0 unspecified atom stereocenters. The molecule has 0 spiro atoms. The summed E-state index contributed by atoms with van der Waals surface area (Å²) in [6, 6.07) is 5.18. The zero-order chi connectivity index (χ0) is 19.8. The zero-order valence-electron chi connectivity index (χ0n) is 15.6. The summed E-state index contributed by atoms with van der Waals surface area (Å²) < 4.78 is 47.3. The van der Waals surface area contributed by atoms with E-state index in [1.54, 1.807) is 24.4 Å². The van der Waals surface area contributed by atoms with Crippen molar-refractivity contribution in [2.45, 2.75) is 51.5 Å². The van der Waals surface area contributed by atoms with Crippen LogP contribution in [0.2, 0.25) is 18.1 Å². The van der Waals surface area contributed by atoms with Gasteiger partial charge in [0.2, 0.25) is 0 Å². The number of aromatic nitrogens is 1. The van der Waals surface area contributed by atoms with Crippen LogP contribution in [0.4, 0.5) is 13.2 Å². The van der Waals surface area contributed by atoms with Gasteiger partial charge in [-0.1, -0.05) is 32.6 Å². The van der Waals surface area contributed by atoms with Crippen molar-refractivity contribution in [3.05, 3.63) is 40.1 Å². The van der Waals surface area contributed by atoms with Crippen molar-refractivity contribution < 1.29 is 17.6 Å². The molecule has 0 amide bonds. The molecule has 0 aliphatic carbocycles. The Labute approximate surface area is 162 Å². The predicted molar refractivity (Wildman–Crippen MR) is 105 cm³/mol. The molecule has 0 N–H and O–H groups in total. The van der Waals surface area contributed by atoms with Crippen LogP contribution in [0.15, 0.2) is 28.9 Å². The van der Waals surface area contributed by atoms with Crippen molar-refractivity contribution in [3.63, 3.8) is 0 Å². The van der Waals surface area contributed by atoms with Crippen molar-refractivity contribution in [2.75, 3.05) is 6.61 Å². The standard InChI is InChI=1S/C19H23BrF3NOSi/c1-18(2,3)26(4,5)25-11-7-8-14-12-16-15(20)9-6-10-24(16)17(14)13-19(21,22)23/h6,9-10,12H,11,13H2,1-5H3. The zero-order valence-corrected chi connectivity index (χ0v) is 18.2. The van der Waals surface area contributed by atoms with Gasteiger partial charge in [-0.05, 0) is 52.3 Å². The smallest absolute Gasteiger partial charge is 0.394 e. The molecule has 2 nitrogen and oxygen atoms in total. The molecular weight excluding hydrogens is 423 g/mol. The predicted octanol–water partition coefficient (Wildman–Crippen LogP) is 6.18. The SMILES string of the molecule is CC(C)(C)[Si](C)(C)OCC#Cc1cc2c(Br)cccn2c1CC(F)(F)F. The van der Waals surface area contributed by atoms with E-state index in [-0.39, 0.29) is 17.3 Å². The minimum atomic E-state index is -4.30. The number of rotatable bonds is 3. The van der Waals surface area contributed by atoms with E-state index in [4.69, 9.17) is 4.43 Å². The van der Waals surface area contributed by atoms with Gasteiger partial charge in [0, 0.05) is 21.9 Å². The molecule has 2 rings (SSSR count). The fourth-order valence-corrected chi connectivity index (χ4v) is 3.58. The van der Waals surface area contributed by atoms with Crippen molar-refractivity contribution in [1.29, 1.82) is 0 Å². The van der Waals surface area contributed by atoms with Crippen LogP contribution in [-0.4, -0.2) is 25.5 Å². The maximum absolute atomic E-state index is 13.0. The summed E-state index contributed by atoms with van der Waals surface area (Å²) in [6.07, 6.45) is -3.70. The highest BCUT2D eigenvalue weighted by molar-refractivity contribution is 9.10. The van der Waals surface area contributed by atoms with E-state index in [2.05, 4.69) is 61.6 Å². The lowest BCUT2D eigenvalue weighted by atomic mass is 10.2. The van der Waals surface area contributed by atoms with Gasteiger partial charge in [0.05, 0.1) is 18.5 Å². The number of nitrogens with zero attached hydrogens (tertiary/aromatic N) is 1. The van der Waals surface area contributed by atoms with Gasteiger partial charge in [0.25, 0.3) is 0 Å². The Morgan fingerprint density at radius 1 is 1.23 bits per heavy atom. The molecule has 2 aromatic heterocycles. The van der Waals surface area contributed by atoms with Crippen molar-refractivity contribution >= 4 is 29.8 Å². The summed E-state index contributed by atoms with van der Waals surface area (Å²) in [5.74, 6) is 5.79. The number of alkyl halides is 3. The number of pyridine rings is 1. The number of hydrogen-bond donors (Lipinski definition) is 0. The summed E-state index contributed by atoms with van der Waals surface area (Å²) in [5, 5.41) is 0.0613. The third-order valence-corrected chi connectivity index (χ3v) is 9.92. The Morgan fingerprint density at radius 3 is 2.46 bits per heavy atom. The largest absolute Gasteiger partial charge is 0.406 e. The first-order valence-electron chi connectivity index (χ1n) is 8.30. The van der Waals surface area contributed by atoms with Crippen LogP contribution in [0.5, 0.6) is 0 Å². The molecule has 2 heterocycles. The summed E-state index contributed by atoms with van der Waals surface area (Å²) >= 11 is 3.38. The first-order chi connectivity index (χ1) is 11.8. The van der Waals surface area contributed by atoms with Crippen LogP contribution in [0, 0.1) is 11.8 Å². The third-order valence-electron chi connectivity index (χ3n) is 4.77. The van der Waals surface area contributed by atoms with Gasteiger partial charge in [-0.25, -0.2) is 0 Å². The Morgan fingerprint density at radius 2 is 1.88 bits per heavy atom. The van der Waals surface area contributed by atoms with Gasteiger partial charge in [0.1, 0.15) is 0 Å².